The van der Waals surface area contributed by atoms with E-state index in [1.165, 1.54) is 17.3 Å². The molecule has 1 aliphatic heterocycles. The van der Waals surface area contributed by atoms with Crippen molar-refractivity contribution in [3.8, 4) is 0 Å². The number of carbonyl (C=O) groups excluding carboxylic acids is 1. The number of nitrogens with zero attached hydrogens (tertiary/aromatic N) is 3. The van der Waals surface area contributed by atoms with Gasteiger partial charge in [-0.1, -0.05) is 17.7 Å². The third-order valence-electron chi connectivity index (χ3n) is 4.42. The van der Waals surface area contributed by atoms with E-state index in [4.69, 9.17) is 11.6 Å². The van der Waals surface area contributed by atoms with Gasteiger partial charge in [0.1, 0.15) is 0 Å². The zero-order valence-electron chi connectivity index (χ0n) is 14.4. The van der Waals surface area contributed by atoms with Crippen LogP contribution in [-0.4, -0.2) is 53.8 Å². The SMILES string of the molecule is Cc1ccc(Cl)cc1Nc1ncc(C(=O)N(C)C2CCS(=O)(=O)C2)cn1. The molecule has 1 aromatic heterocycles. The molecule has 1 N–H and O–H groups in total. The zero-order chi connectivity index (χ0) is 18.9. The number of aromatic nitrogens is 2. The van der Waals surface area contributed by atoms with Crippen LogP contribution < -0.4 is 5.32 Å². The quantitative estimate of drug-likeness (QED) is 0.856. The Labute approximate surface area is 157 Å². The van der Waals surface area contributed by atoms with Crippen molar-refractivity contribution >= 4 is 39.0 Å². The molecule has 138 valence electrons. The maximum Gasteiger partial charge on any atom is 0.257 e. The van der Waals surface area contributed by atoms with E-state index in [2.05, 4.69) is 15.3 Å². The molecule has 26 heavy (non-hydrogen) atoms. The maximum absolute atomic E-state index is 12.5. The van der Waals surface area contributed by atoms with Crippen LogP contribution in [0.4, 0.5) is 11.6 Å². The van der Waals surface area contributed by atoms with E-state index < -0.39 is 9.84 Å². The Balaban J connectivity index is 1.71. The van der Waals surface area contributed by atoms with Crippen LogP contribution in [0, 0.1) is 6.92 Å². The summed E-state index contributed by atoms with van der Waals surface area (Å²) in [5, 5.41) is 3.66. The van der Waals surface area contributed by atoms with Gasteiger partial charge in [-0.05, 0) is 31.0 Å². The summed E-state index contributed by atoms with van der Waals surface area (Å²) >= 11 is 5.99. The third-order valence-corrected chi connectivity index (χ3v) is 6.41. The Bertz CT molecular complexity index is 932. The Kier molecular flexibility index (Phi) is 5.15. The summed E-state index contributed by atoms with van der Waals surface area (Å²) in [6.07, 6.45) is 3.31. The zero-order valence-corrected chi connectivity index (χ0v) is 16.0. The van der Waals surface area contributed by atoms with Crippen LogP contribution in [0.25, 0.3) is 0 Å². The predicted octanol–water partition coefficient (Wildman–Crippen LogP) is 2.44. The van der Waals surface area contributed by atoms with Crippen molar-refractivity contribution in [1.29, 1.82) is 0 Å². The van der Waals surface area contributed by atoms with Crippen molar-refractivity contribution in [2.45, 2.75) is 19.4 Å². The molecule has 0 saturated carbocycles. The van der Waals surface area contributed by atoms with E-state index in [0.29, 0.717) is 23.0 Å². The van der Waals surface area contributed by atoms with E-state index in [-0.39, 0.29) is 23.5 Å². The Hall–Kier alpha value is -2.19. The number of benzene rings is 1. The highest BCUT2D eigenvalue weighted by Gasteiger charge is 2.33. The first-order valence-corrected chi connectivity index (χ1v) is 10.3. The molecule has 2 aromatic rings. The lowest BCUT2D eigenvalue weighted by atomic mass is 10.2. The Morgan fingerprint density at radius 2 is 2.00 bits per heavy atom. The predicted molar refractivity (Wildman–Crippen MR) is 101 cm³/mol. The lowest BCUT2D eigenvalue weighted by molar-refractivity contribution is 0.0747. The molecule has 0 spiro atoms. The normalized spacial score (nSPS) is 18.5. The van der Waals surface area contributed by atoms with Crippen LogP contribution in [0.2, 0.25) is 5.02 Å². The number of halogens is 1. The fourth-order valence-corrected chi connectivity index (χ4v) is 4.75. The van der Waals surface area contributed by atoms with Crippen LogP contribution in [0.5, 0.6) is 0 Å². The summed E-state index contributed by atoms with van der Waals surface area (Å²) in [7, 11) is -1.44. The van der Waals surface area contributed by atoms with Gasteiger partial charge in [0.15, 0.2) is 9.84 Å². The monoisotopic (exact) mass is 394 g/mol. The minimum Gasteiger partial charge on any atom is -0.338 e. The minimum atomic E-state index is -3.05. The molecular weight excluding hydrogens is 376 g/mol. The molecule has 3 rings (SSSR count). The number of amides is 1. The van der Waals surface area contributed by atoms with Crippen LogP contribution >= 0.6 is 11.6 Å². The maximum atomic E-state index is 12.5. The number of hydrogen-bond donors (Lipinski definition) is 1. The molecule has 1 amide bonds. The van der Waals surface area contributed by atoms with Crippen molar-refractivity contribution < 1.29 is 13.2 Å². The second-order valence-electron chi connectivity index (χ2n) is 6.35. The largest absolute Gasteiger partial charge is 0.338 e. The fraction of sp³-hybridized carbons (Fsp3) is 0.353. The number of hydrogen-bond acceptors (Lipinski definition) is 6. The van der Waals surface area contributed by atoms with Gasteiger partial charge in [0, 0.05) is 36.2 Å². The third kappa shape index (κ3) is 4.13. The van der Waals surface area contributed by atoms with E-state index in [1.807, 2.05) is 13.0 Å². The average Bonchev–Trinajstić information content (AvgIpc) is 2.97. The molecule has 1 fully saturated rings. The summed E-state index contributed by atoms with van der Waals surface area (Å²) in [6, 6.07) is 5.14. The molecule has 1 saturated heterocycles. The second kappa shape index (κ2) is 7.20. The summed E-state index contributed by atoms with van der Waals surface area (Å²) in [5.74, 6) is 0.174. The van der Waals surface area contributed by atoms with Gasteiger partial charge in [-0.2, -0.15) is 0 Å². The number of aryl methyl sites for hydroxylation is 1. The van der Waals surface area contributed by atoms with Crippen LogP contribution in [-0.2, 0) is 9.84 Å². The second-order valence-corrected chi connectivity index (χ2v) is 9.02. The van der Waals surface area contributed by atoms with E-state index >= 15 is 0 Å². The fourth-order valence-electron chi connectivity index (χ4n) is 2.80. The highest BCUT2D eigenvalue weighted by Crippen LogP contribution is 2.23. The topological polar surface area (TPSA) is 92.3 Å². The summed E-state index contributed by atoms with van der Waals surface area (Å²) in [6.45, 7) is 1.93. The van der Waals surface area contributed by atoms with Gasteiger partial charge in [0.25, 0.3) is 5.91 Å². The van der Waals surface area contributed by atoms with Crippen molar-refractivity contribution in [1.82, 2.24) is 14.9 Å². The van der Waals surface area contributed by atoms with Crippen LogP contribution in [0.3, 0.4) is 0 Å². The van der Waals surface area contributed by atoms with Crippen molar-refractivity contribution in [3.05, 3.63) is 46.7 Å². The molecule has 2 heterocycles. The first kappa shape index (κ1) is 18.6. The molecule has 0 aliphatic carbocycles. The van der Waals surface area contributed by atoms with Gasteiger partial charge in [-0.3, -0.25) is 4.79 Å². The van der Waals surface area contributed by atoms with Gasteiger partial charge in [0.2, 0.25) is 5.95 Å². The van der Waals surface area contributed by atoms with E-state index in [9.17, 15) is 13.2 Å². The number of nitrogens with one attached hydrogen (secondary N) is 1. The summed E-state index contributed by atoms with van der Waals surface area (Å²) in [5.41, 5.74) is 2.08. The molecule has 1 unspecified atom stereocenters. The minimum absolute atomic E-state index is 0.00375. The van der Waals surface area contributed by atoms with E-state index in [0.717, 1.165) is 11.3 Å². The van der Waals surface area contributed by atoms with Crippen LogP contribution in [0.15, 0.2) is 30.6 Å². The molecular formula is C17H19ClN4O3S. The van der Waals surface area contributed by atoms with Gasteiger partial charge in [-0.25, -0.2) is 18.4 Å². The summed E-state index contributed by atoms with van der Waals surface area (Å²) in [4.78, 5) is 22.3. The first-order chi connectivity index (χ1) is 12.2. The van der Waals surface area contributed by atoms with Gasteiger partial charge >= 0.3 is 0 Å². The number of rotatable bonds is 4. The van der Waals surface area contributed by atoms with Gasteiger partial charge < -0.3 is 10.2 Å². The number of sulfone groups is 1. The van der Waals surface area contributed by atoms with Crippen molar-refractivity contribution in [2.24, 2.45) is 0 Å². The highest BCUT2D eigenvalue weighted by atomic mass is 35.5. The lowest BCUT2D eigenvalue weighted by Crippen LogP contribution is -2.37. The molecule has 0 radical (unpaired) electrons. The average molecular weight is 395 g/mol. The highest BCUT2D eigenvalue weighted by molar-refractivity contribution is 7.91. The van der Waals surface area contributed by atoms with E-state index in [1.54, 1.807) is 19.2 Å². The standard InChI is InChI=1S/C17H19ClN4O3S/c1-11-3-4-13(18)7-15(11)21-17-19-8-12(9-20-17)16(23)22(2)14-5-6-26(24,25)10-14/h3-4,7-9,14H,5-6,10H2,1-2H3,(H,19,20,21). The Morgan fingerprint density at radius 1 is 1.31 bits per heavy atom. The first-order valence-electron chi connectivity index (χ1n) is 8.08. The molecule has 7 nitrogen and oxygen atoms in total. The number of carbonyl (C=O) groups is 1. The molecule has 1 atom stereocenters. The molecule has 0 bridgehead atoms. The molecule has 1 aromatic carbocycles. The van der Waals surface area contributed by atoms with Crippen molar-refractivity contribution in [3.63, 3.8) is 0 Å². The molecule has 1 aliphatic rings. The lowest BCUT2D eigenvalue weighted by Gasteiger charge is -2.23. The van der Waals surface area contributed by atoms with Crippen LogP contribution in [0.1, 0.15) is 22.3 Å². The molecule has 9 heteroatoms. The smallest absolute Gasteiger partial charge is 0.257 e. The summed E-state index contributed by atoms with van der Waals surface area (Å²) < 4.78 is 23.2. The van der Waals surface area contributed by atoms with Crippen molar-refractivity contribution in [2.75, 3.05) is 23.9 Å². The van der Waals surface area contributed by atoms with Gasteiger partial charge in [-0.15, -0.1) is 0 Å². The number of anilines is 2. The van der Waals surface area contributed by atoms with Gasteiger partial charge in [0.05, 0.1) is 17.1 Å². The Morgan fingerprint density at radius 3 is 2.62 bits per heavy atom.